The Morgan fingerprint density at radius 1 is 1.14 bits per heavy atom. The minimum Gasteiger partial charge on any atom is -0.312 e. The molecule has 0 aliphatic heterocycles. The van der Waals surface area contributed by atoms with E-state index in [-0.39, 0.29) is 0 Å². The van der Waals surface area contributed by atoms with E-state index in [0.717, 1.165) is 37.0 Å². The summed E-state index contributed by atoms with van der Waals surface area (Å²) in [5.41, 5.74) is 0. The molecule has 1 aliphatic carbocycles. The lowest BCUT2D eigenvalue weighted by atomic mass is 9.81. The van der Waals surface area contributed by atoms with Crippen LogP contribution in [0.1, 0.15) is 77.5 Å². The fourth-order valence-electron chi connectivity index (χ4n) is 3.50. The zero-order chi connectivity index (χ0) is 15.2. The molecule has 0 aromatic carbocycles. The smallest absolute Gasteiger partial charge is 0.150 e. The molecule has 120 valence electrons. The van der Waals surface area contributed by atoms with Crippen LogP contribution in [0.25, 0.3) is 0 Å². The molecule has 0 radical (unpaired) electrons. The third-order valence-electron chi connectivity index (χ3n) is 4.85. The average Bonchev–Trinajstić information content (AvgIpc) is 2.96. The van der Waals surface area contributed by atoms with E-state index in [4.69, 9.17) is 10.1 Å². The molecule has 1 heterocycles. The molecule has 21 heavy (non-hydrogen) atoms. The quantitative estimate of drug-likeness (QED) is 0.836. The Hall–Kier alpha value is -0.900. The van der Waals surface area contributed by atoms with E-state index in [1.54, 1.807) is 0 Å². The highest BCUT2D eigenvalue weighted by Crippen LogP contribution is 2.35. The number of nitrogens with zero attached hydrogens (tertiary/aromatic N) is 3. The molecule has 0 saturated heterocycles. The van der Waals surface area contributed by atoms with Crippen LogP contribution in [0.3, 0.4) is 0 Å². The van der Waals surface area contributed by atoms with Gasteiger partial charge in [-0.2, -0.15) is 5.10 Å². The summed E-state index contributed by atoms with van der Waals surface area (Å²) in [6.45, 7) is 9.99. The molecule has 1 N–H and O–H groups in total. The molecule has 3 unspecified atom stereocenters. The van der Waals surface area contributed by atoms with E-state index in [1.165, 1.54) is 32.1 Å². The van der Waals surface area contributed by atoms with E-state index in [2.05, 4.69) is 37.7 Å². The van der Waals surface area contributed by atoms with Crippen molar-refractivity contribution >= 4 is 0 Å². The Morgan fingerprint density at radius 2 is 1.95 bits per heavy atom. The second-order valence-corrected chi connectivity index (χ2v) is 6.31. The first-order valence-corrected chi connectivity index (χ1v) is 8.90. The van der Waals surface area contributed by atoms with Gasteiger partial charge >= 0.3 is 0 Å². The predicted molar refractivity (Wildman–Crippen MR) is 87.5 cm³/mol. The van der Waals surface area contributed by atoms with Crippen molar-refractivity contribution in [3.63, 3.8) is 0 Å². The predicted octanol–water partition coefficient (Wildman–Crippen LogP) is 3.52. The number of nitrogens with one attached hydrogen (secondary N) is 1. The second-order valence-electron chi connectivity index (χ2n) is 6.31. The Balaban J connectivity index is 2.23. The van der Waals surface area contributed by atoms with Gasteiger partial charge in [0.25, 0.3) is 0 Å². The van der Waals surface area contributed by atoms with Crippen molar-refractivity contribution in [2.45, 2.75) is 84.7 Å². The molecule has 0 bridgehead atoms. The minimum absolute atomic E-state index is 0.484. The first-order chi connectivity index (χ1) is 10.2. The highest BCUT2D eigenvalue weighted by Gasteiger charge is 2.32. The summed E-state index contributed by atoms with van der Waals surface area (Å²) in [7, 11) is 0. The third-order valence-corrected chi connectivity index (χ3v) is 4.85. The van der Waals surface area contributed by atoms with E-state index < -0.39 is 0 Å². The fourth-order valence-corrected chi connectivity index (χ4v) is 3.50. The van der Waals surface area contributed by atoms with Gasteiger partial charge < -0.3 is 5.32 Å². The summed E-state index contributed by atoms with van der Waals surface area (Å²) in [6.07, 6.45) is 8.25. The Labute approximate surface area is 129 Å². The molecule has 1 aromatic rings. The molecule has 4 heteroatoms. The van der Waals surface area contributed by atoms with Gasteiger partial charge in [0.15, 0.2) is 5.82 Å². The van der Waals surface area contributed by atoms with Crippen LogP contribution < -0.4 is 5.32 Å². The van der Waals surface area contributed by atoms with Crippen LogP contribution in [0.15, 0.2) is 0 Å². The molecular formula is C17H32N4. The molecule has 3 atom stereocenters. The van der Waals surface area contributed by atoms with Gasteiger partial charge in [-0.15, -0.1) is 0 Å². The van der Waals surface area contributed by atoms with Crippen LogP contribution in [0.5, 0.6) is 0 Å². The first-order valence-electron chi connectivity index (χ1n) is 8.90. The molecule has 0 amide bonds. The number of aryl methyl sites for hydroxylation is 2. The van der Waals surface area contributed by atoms with Gasteiger partial charge in [0.05, 0.1) is 6.04 Å². The monoisotopic (exact) mass is 292 g/mol. The molecule has 0 spiro atoms. The molecule has 1 aromatic heterocycles. The van der Waals surface area contributed by atoms with E-state index in [1.807, 2.05) is 0 Å². The van der Waals surface area contributed by atoms with Gasteiger partial charge in [0.2, 0.25) is 0 Å². The van der Waals surface area contributed by atoms with Gasteiger partial charge in [0.1, 0.15) is 5.82 Å². The van der Waals surface area contributed by atoms with Crippen LogP contribution in [0.4, 0.5) is 0 Å². The summed E-state index contributed by atoms with van der Waals surface area (Å²) in [5, 5.41) is 8.57. The van der Waals surface area contributed by atoms with Crippen molar-refractivity contribution in [2.75, 3.05) is 6.54 Å². The van der Waals surface area contributed by atoms with Gasteiger partial charge in [0, 0.05) is 18.9 Å². The molecule has 2 rings (SSSR count). The van der Waals surface area contributed by atoms with Crippen molar-refractivity contribution in [2.24, 2.45) is 5.92 Å². The normalized spacial score (nSPS) is 26.2. The van der Waals surface area contributed by atoms with Crippen molar-refractivity contribution in [1.29, 1.82) is 0 Å². The summed E-state index contributed by atoms with van der Waals surface area (Å²) in [6, 6.07) is 1.04. The SMILES string of the molecule is CCCNC1CCC(CC)CC1n1nc(CC)nc1CC. The van der Waals surface area contributed by atoms with Crippen molar-refractivity contribution < 1.29 is 0 Å². The minimum atomic E-state index is 0.484. The zero-order valence-corrected chi connectivity index (χ0v) is 14.2. The summed E-state index contributed by atoms with van der Waals surface area (Å²) < 4.78 is 2.26. The van der Waals surface area contributed by atoms with Crippen molar-refractivity contribution in [3.05, 3.63) is 11.6 Å². The molecule has 1 saturated carbocycles. The van der Waals surface area contributed by atoms with E-state index >= 15 is 0 Å². The second kappa shape index (κ2) is 7.92. The van der Waals surface area contributed by atoms with E-state index in [9.17, 15) is 0 Å². The number of rotatable bonds is 7. The Morgan fingerprint density at radius 3 is 2.57 bits per heavy atom. The number of aromatic nitrogens is 3. The average molecular weight is 292 g/mol. The van der Waals surface area contributed by atoms with Gasteiger partial charge in [-0.05, 0) is 38.1 Å². The first kappa shape index (κ1) is 16.5. The lowest BCUT2D eigenvalue weighted by Crippen LogP contribution is -2.43. The molecule has 4 nitrogen and oxygen atoms in total. The van der Waals surface area contributed by atoms with Crippen molar-refractivity contribution in [3.8, 4) is 0 Å². The summed E-state index contributed by atoms with van der Waals surface area (Å²) >= 11 is 0. The van der Waals surface area contributed by atoms with Crippen LogP contribution >= 0.6 is 0 Å². The maximum absolute atomic E-state index is 4.82. The third kappa shape index (κ3) is 3.85. The highest BCUT2D eigenvalue weighted by molar-refractivity contribution is 4.99. The standard InChI is InChI=1S/C17H32N4/c1-5-11-18-14-10-9-13(6-2)12-15(14)21-17(8-4)19-16(7-3)20-21/h13-15,18H,5-12H2,1-4H3. The largest absolute Gasteiger partial charge is 0.312 e. The van der Waals surface area contributed by atoms with E-state index in [0.29, 0.717) is 12.1 Å². The van der Waals surface area contributed by atoms with Crippen LogP contribution in [0.2, 0.25) is 0 Å². The molecule has 1 aliphatic rings. The zero-order valence-electron chi connectivity index (χ0n) is 14.2. The lowest BCUT2D eigenvalue weighted by Gasteiger charge is -2.37. The topological polar surface area (TPSA) is 42.7 Å². The number of hydrogen-bond acceptors (Lipinski definition) is 3. The van der Waals surface area contributed by atoms with Gasteiger partial charge in [-0.1, -0.05) is 34.1 Å². The molecule has 1 fully saturated rings. The fraction of sp³-hybridized carbons (Fsp3) is 0.882. The summed E-state index contributed by atoms with van der Waals surface area (Å²) in [4.78, 5) is 4.71. The van der Waals surface area contributed by atoms with Gasteiger partial charge in [-0.25, -0.2) is 9.67 Å². The van der Waals surface area contributed by atoms with Crippen LogP contribution in [-0.2, 0) is 12.8 Å². The maximum atomic E-state index is 4.82. The number of hydrogen-bond donors (Lipinski definition) is 1. The lowest BCUT2D eigenvalue weighted by molar-refractivity contribution is 0.187. The maximum Gasteiger partial charge on any atom is 0.150 e. The van der Waals surface area contributed by atoms with Crippen LogP contribution in [0, 0.1) is 5.92 Å². The molecular weight excluding hydrogens is 260 g/mol. The van der Waals surface area contributed by atoms with Crippen LogP contribution in [-0.4, -0.2) is 27.4 Å². The Bertz CT molecular complexity index is 426. The summed E-state index contributed by atoms with van der Waals surface area (Å²) in [5.74, 6) is 3.00. The Kier molecular flexibility index (Phi) is 6.22. The van der Waals surface area contributed by atoms with Crippen molar-refractivity contribution in [1.82, 2.24) is 20.1 Å². The highest BCUT2D eigenvalue weighted by atomic mass is 15.4. The van der Waals surface area contributed by atoms with Gasteiger partial charge in [-0.3, -0.25) is 0 Å².